The molecule has 2 aromatic heterocycles. The highest BCUT2D eigenvalue weighted by Gasteiger charge is 2.18. The third-order valence-electron chi connectivity index (χ3n) is 5.16. The second kappa shape index (κ2) is 10.4. The van der Waals surface area contributed by atoms with Gasteiger partial charge >= 0.3 is 0 Å². The van der Waals surface area contributed by atoms with E-state index in [0.29, 0.717) is 53.8 Å². The van der Waals surface area contributed by atoms with Crippen molar-refractivity contribution in [2.24, 2.45) is 0 Å². The molecule has 8 heteroatoms. The number of aromatic nitrogens is 2. The van der Waals surface area contributed by atoms with Crippen LogP contribution in [0.3, 0.4) is 0 Å². The molecule has 1 N–H and O–H groups in total. The fourth-order valence-electron chi connectivity index (χ4n) is 3.68. The zero-order valence-electron chi connectivity index (χ0n) is 18.8. The Bertz CT molecular complexity index is 1210. The number of hydrogen-bond acceptors (Lipinski definition) is 7. The van der Waals surface area contributed by atoms with E-state index in [1.54, 1.807) is 45.7 Å². The van der Waals surface area contributed by atoms with Crippen molar-refractivity contribution in [1.82, 2.24) is 9.97 Å². The first kappa shape index (κ1) is 22.6. The number of oxazole rings is 1. The molecular weight excluding hydrogens is 422 g/mol. The average Bonchev–Trinajstić information content (AvgIpc) is 3.26. The quantitative estimate of drug-likeness (QED) is 0.401. The minimum Gasteiger partial charge on any atom is -0.434 e. The number of para-hydroxylation sites is 1. The predicted molar refractivity (Wildman–Crippen MR) is 124 cm³/mol. The van der Waals surface area contributed by atoms with E-state index < -0.39 is 0 Å². The summed E-state index contributed by atoms with van der Waals surface area (Å²) < 4.78 is 21.9. The lowest BCUT2D eigenvalue weighted by Crippen LogP contribution is -2.15. The summed E-state index contributed by atoms with van der Waals surface area (Å²) in [6, 6.07) is 14.6. The van der Waals surface area contributed by atoms with Crippen molar-refractivity contribution >= 4 is 22.8 Å². The van der Waals surface area contributed by atoms with Crippen LogP contribution in [0.5, 0.6) is 0 Å². The van der Waals surface area contributed by atoms with E-state index in [9.17, 15) is 4.79 Å². The van der Waals surface area contributed by atoms with E-state index in [-0.39, 0.29) is 5.91 Å². The summed E-state index contributed by atoms with van der Waals surface area (Å²) in [6.07, 6.45) is 1.66. The molecule has 0 aliphatic carbocycles. The molecule has 0 bridgehead atoms. The molecule has 170 valence electrons. The second-order valence-electron chi connectivity index (χ2n) is 7.42. The largest absolute Gasteiger partial charge is 0.434 e. The Morgan fingerprint density at radius 1 is 0.939 bits per heavy atom. The van der Waals surface area contributed by atoms with Crippen molar-refractivity contribution in [2.45, 2.75) is 19.8 Å². The van der Waals surface area contributed by atoms with Gasteiger partial charge < -0.3 is 23.9 Å². The third-order valence-corrected chi connectivity index (χ3v) is 5.16. The van der Waals surface area contributed by atoms with Crippen LogP contribution in [0.1, 0.15) is 27.0 Å². The highest BCUT2D eigenvalue weighted by Crippen LogP contribution is 2.30. The van der Waals surface area contributed by atoms with Crippen molar-refractivity contribution in [1.29, 1.82) is 0 Å². The van der Waals surface area contributed by atoms with E-state index in [0.717, 1.165) is 16.7 Å². The molecule has 2 aromatic carbocycles. The van der Waals surface area contributed by atoms with Gasteiger partial charge in [0.1, 0.15) is 0 Å². The van der Waals surface area contributed by atoms with Crippen LogP contribution in [-0.2, 0) is 34.0 Å². The highest BCUT2D eigenvalue weighted by molar-refractivity contribution is 6.06. The van der Waals surface area contributed by atoms with E-state index in [1.807, 2.05) is 30.3 Å². The van der Waals surface area contributed by atoms with Crippen LogP contribution in [-0.4, -0.2) is 37.2 Å². The van der Waals surface area contributed by atoms with Gasteiger partial charge in [-0.2, -0.15) is 4.98 Å². The minimum absolute atomic E-state index is 0.268. The molecule has 0 atom stereocenters. The second-order valence-corrected chi connectivity index (χ2v) is 7.42. The summed E-state index contributed by atoms with van der Waals surface area (Å²) in [5.41, 5.74) is 5.52. The molecule has 0 spiro atoms. The number of anilines is 1. The molecule has 0 saturated carbocycles. The maximum atomic E-state index is 13.3. The Hall–Kier alpha value is -3.59. The van der Waals surface area contributed by atoms with E-state index in [1.165, 1.54) is 0 Å². The number of fused-ring (bicyclic) bond motifs is 1. The summed E-state index contributed by atoms with van der Waals surface area (Å²) >= 11 is 0. The normalized spacial score (nSPS) is 11.1. The summed E-state index contributed by atoms with van der Waals surface area (Å²) in [7, 11) is 4.86. The fraction of sp³-hybridized carbons (Fsp3) is 0.240. The molecule has 0 aliphatic rings. The highest BCUT2D eigenvalue weighted by atomic mass is 16.5. The first-order valence-corrected chi connectivity index (χ1v) is 10.4. The average molecular weight is 447 g/mol. The van der Waals surface area contributed by atoms with Gasteiger partial charge in [0.25, 0.3) is 5.91 Å². The van der Waals surface area contributed by atoms with Gasteiger partial charge in [0.2, 0.25) is 5.89 Å². The molecule has 0 aliphatic heterocycles. The summed E-state index contributed by atoms with van der Waals surface area (Å²) in [5, 5.41) is 2.99. The number of nitrogens with zero attached hydrogens (tertiary/aromatic N) is 2. The van der Waals surface area contributed by atoms with Crippen LogP contribution in [0.2, 0.25) is 0 Å². The Morgan fingerprint density at radius 3 is 2.30 bits per heavy atom. The Balaban J connectivity index is 1.69. The Kier molecular flexibility index (Phi) is 7.09. The number of pyridine rings is 1. The van der Waals surface area contributed by atoms with Crippen molar-refractivity contribution in [2.75, 3.05) is 26.6 Å². The Morgan fingerprint density at radius 2 is 1.64 bits per heavy atom. The number of hydrogen-bond donors (Lipinski definition) is 1. The number of rotatable bonds is 9. The smallest absolute Gasteiger partial charge is 0.255 e. The van der Waals surface area contributed by atoms with Crippen LogP contribution in [0, 0.1) is 0 Å². The van der Waals surface area contributed by atoms with Crippen molar-refractivity contribution < 1.29 is 23.4 Å². The number of ether oxygens (including phenoxy) is 3. The standard InChI is InChI=1S/C25H25N3O5/c1-30-13-17-11-16(12-18(14-31-2)20(17)15-32-3)24(29)27-21-8-5-4-7-19(21)25-28-23-22(33-25)9-6-10-26-23/h4-12H,13-15H2,1-3H3,(H,27,29). The van der Waals surface area contributed by atoms with Gasteiger partial charge in [-0.15, -0.1) is 0 Å². The van der Waals surface area contributed by atoms with Crippen LogP contribution < -0.4 is 5.32 Å². The SMILES string of the molecule is COCc1cc(C(=O)Nc2ccccc2-c2nc3ncccc3o2)cc(COC)c1COC. The topological polar surface area (TPSA) is 95.7 Å². The van der Waals surface area contributed by atoms with Gasteiger partial charge in [-0.3, -0.25) is 4.79 Å². The van der Waals surface area contributed by atoms with Crippen LogP contribution in [0.4, 0.5) is 5.69 Å². The van der Waals surface area contributed by atoms with Crippen LogP contribution >= 0.6 is 0 Å². The summed E-state index contributed by atoms with van der Waals surface area (Å²) in [6.45, 7) is 1.10. The zero-order chi connectivity index (χ0) is 23.2. The van der Waals surface area contributed by atoms with E-state index in [4.69, 9.17) is 18.6 Å². The lowest BCUT2D eigenvalue weighted by Gasteiger charge is -2.17. The van der Waals surface area contributed by atoms with Gasteiger partial charge in [-0.05, 0) is 53.1 Å². The molecule has 8 nitrogen and oxygen atoms in total. The van der Waals surface area contributed by atoms with Gasteiger partial charge in [-0.25, -0.2) is 4.98 Å². The number of carbonyl (C=O) groups is 1. The van der Waals surface area contributed by atoms with Gasteiger partial charge in [0.05, 0.1) is 31.1 Å². The molecule has 4 rings (SSSR count). The molecule has 0 fully saturated rings. The first-order valence-electron chi connectivity index (χ1n) is 10.4. The van der Waals surface area contributed by atoms with Crippen LogP contribution in [0.15, 0.2) is 59.1 Å². The van der Waals surface area contributed by atoms with E-state index in [2.05, 4.69) is 15.3 Å². The molecule has 2 heterocycles. The van der Waals surface area contributed by atoms with Crippen molar-refractivity contribution in [3.05, 3.63) is 77.0 Å². The van der Waals surface area contributed by atoms with Gasteiger partial charge in [0.15, 0.2) is 11.2 Å². The summed E-state index contributed by atoms with van der Waals surface area (Å²) in [4.78, 5) is 21.9. The number of nitrogens with one attached hydrogen (secondary N) is 1. The first-order chi connectivity index (χ1) is 16.1. The molecule has 4 aromatic rings. The molecular formula is C25H25N3O5. The number of amides is 1. The zero-order valence-corrected chi connectivity index (χ0v) is 18.8. The maximum absolute atomic E-state index is 13.3. The molecule has 33 heavy (non-hydrogen) atoms. The number of carbonyl (C=O) groups excluding carboxylic acids is 1. The summed E-state index contributed by atoms with van der Waals surface area (Å²) in [5.74, 6) is 0.116. The maximum Gasteiger partial charge on any atom is 0.255 e. The number of methoxy groups -OCH3 is 3. The van der Waals surface area contributed by atoms with Gasteiger partial charge in [-0.1, -0.05) is 12.1 Å². The van der Waals surface area contributed by atoms with Crippen molar-refractivity contribution in [3.8, 4) is 11.5 Å². The lowest BCUT2D eigenvalue weighted by atomic mass is 9.98. The molecule has 0 radical (unpaired) electrons. The molecule has 0 unspecified atom stereocenters. The number of benzene rings is 2. The minimum atomic E-state index is -0.268. The van der Waals surface area contributed by atoms with Crippen LogP contribution in [0.25, 0.3) is 22.7 Å². The Labute approximate surface area is 191 Å². The van der Waals surface area contributed by atoms with Gasteiger partial charge in [0, 0.05) is 33.1 Å². The van der Waals surface area contributed by atoms with E-state index >= 15 is 0 Å². The molecule has 1 amide bonds. The van der Waals surface area contributed by atoms with Crippen molar-refractivity contribution in [3.63, 3.8) is 0 Å². The fourth-order valence-corrected chi connectivity index (χ4v) is 3.68. The monoisotopic (exact) mass is 447 g/mol. The third kappa shape index (κ3) is 4.93. The predicted octanol–water partition coefficient (Wildman–Crippen LogP) is 4.58. The molecule has 0 saturated heterocycles. The lowest BCUT2D eigenvalue weighted by molar-refractivity contribution is 0.102.